The fraction of sp³-hybridized carbons (Fsp3) is 0.0833. The van der Waals surface area contributed by atoms with Crippen molar-refractivity contribution in [2.75, 3.05) is 0 Å². The van der Waals surface area contributed by atoms with Gasteiger partial charge in [0.2, 0.25) is 5.90 Å². The number of rotatable bonds is 5. The van der Waals surface area contributed by atoms with Gasteiger partial charge in [0, 0.05) is 12.7 Å². The van der Waals surface area contributed by atoms with E-state index in [9.17, 15) is 4.79 Å². The van der Waals surface area contributed by atoms with Crippen LogP contribution in [0.5, 0.6) is 5.75 Å². The van der Waals surface area contributed by atoms with Crippen molar-refractivity contribution >= 4 is 95.0 Å². The minimum absolute atomic E-state index is 0.252. The molecule has 1 aliphatic heterocycles. The normalized spacial score (nSPS) is 14.5. The Morgan fingerprint density at radius 2 is 1.72 bits per heavy atom. The molecule has 0 unspecified atom stereocenters. The van der Waals surface area contributed by atoms with Gasteiger partial charge in [-0.2, -0.15) is 0 Å². The third-order valence-electron chi connectivity index (χ3n) is 4.65. The van der Waals surface area contributed by atoms with Crippen LogP contribution in [0.1, 0.15) is 22.3 Å². The Kier molecular flexibility index (Phi) is 7.73. The van der Waals surface area contributed by atoms with E-state index in [0.29, 0.717) is 18.3 Å². The minimum Gasteiger partial charge on any atom is -0.487 e. The summed E-state index contributed by atoms with van der Waals surface area (Å²) in [6, 6.07) is 17.8. The largest absolute Gasteiger partial charge is 0.487 e. The van der Waals surface area contributed by atoms with Crippen LogP contribution in [-0.2, 0) is 16.1 Å². The zero-order valence-electron chi connectivity index (χ0n) is 16.7. The highest BCUT2D eigenvalue weighted by Gasteiger charge is 2.24. The summed E-state index contributed by atoms with van der Waals surface area (Å²) in [4.78, 5) is 16.8. The number of aryl methyl sites for hydroxylation is 1. The summed E-state index contributed by atoms with van der Waals surface area (Å²) in [6.45, 7) is 2.46. The van der Waals surface area contributed by atoms with Crippen molar-refractivity contribution in [1.29, 1.82) is 0 Å². The molecule has 0 bridgehead atoms. The Balaban J connectivity index is 1.55. The summed E-state index contributed by atoms with van der Waals surface area (Å²) < 4.78 is 15.3. The van der Waals surface area contributed by atoms with Gasteiger partial charge >= 0.3 is 5.97 Å². The van der Waals surface area contributed by atoms with Crippen LogP contribution in [0.3, 0.4) is 0 Å². The molecule has 1 heterocycles. The number of hydrogen-bond acceptors (Lipinski definition) is 4. The van der Waals surface area contributed by atoms with E-state index in [1.807, 2.05) is 61.5 Å². The molecule has 3 aromatic carbocycles. The molecule has 4 nitrogen and oxygen atoms in total. The molecule has 0 atom stereocenters. The molecule has 0 fully saturated rings. The molecule has 0 amide bonds. The van der Waals surface area contributed by atoms with Gasteiger partial charge in [-0.1, -0.05) is 12.1 Å². The maximum Gasteiger partial charge on any atom is 0.363 e. The summed E-state index contributed by atoms with van der Waals surface area (Å²) in [5.41, 5.74) is 4.01. The molecule has 162 valence electrons. The molecule has 0 saturated heterocycles. The van der Waals surface area contributed by atoms with Crippen molar-refractivity contribution in [2.24, 2.45) is 4.99 Å². The van der Waals surface area contributed by atoms with Gasteiger partial charge in [-0.15, -0.1) is 0 Å². The second-order valence-electron chi connectivity index (χ2n) is 7.03. The number of halogens is 4. The minimum atomic E-state index is -0.470. The maximum absolute atomic E-state index is 12.4. The lowest BCUT2D eigenvalue weighted by Crippen LogP contribution is -2.05. The van der Waals surface area contributed by atoms with Crippen LogP contribution in [0.2, 0.25) is 0 Å². The van der Waals surface area contributed by atoms with E-state index in [2.05, 4.69) is 82.0 Å². The third kappa shape index (κ3) is 5.63. The molecule has 4 rings (SSSR count). The van der Waals surface area contributed by atoms with E-state index >= 15 is 0 Å². The van der Waals surface area contributed by atoms with Crippen LogP contribution < -0.4 is 4.74 Å². The molecule has 8 heteroatoms. The lowest BCUT2D eigenvalue weighted by molar-refractivity contribution is -0.129. The topological polar surface area (TPSA) is 47.9 Å². The van der Waals surface area contributed by atoms with Crippen molar-refractivity contribution in [3.63, 3.8) is 0 Å². The number of hydrogen-bond donors (Lipinski definition) is 0. The molecular weight excluding hydrogens is 764 g/mol. The standard InChI is InChI=1S/C24H15Br2I2NO3/c1-13-8-16(4-7-20(13)28)23-29-21(24(30)32-23)11-15-9-18(25)22(19(26)10-15)31-12-14-2-5-17(27)6-3-14/h2-11H,12H2,1H3/b21-11-. The van der Waals surface area contributed by atoms with Crippen molar-refractivity contribution in [3.8, 4) is 5.75 Å². The Hall–Kier alpha value is -1.24. The van der Waals surface area contributed by atoms with E-state index in [-0.39, 0.29) is 5.70 Å². The number of benzene rings is 3. The van der Waals surface area contributed by atoms with Crippen LogP contribution in [0.15, 0.2) is 74.2 Å². The van der Waals surface area contributed by atoms with Crippen molar-refractivity contribution in [2.45, 2.75) is 13.5 Å². The van der Waals surface area contributed by atoms with Gasteiger partial charge in [0.05, 0.1) is 8.95 Å². The summed E-state index contributed by atoms with van der Waals surface area (Å²) in [7, 11) is 0. The quantitative estimate of drug-likeness (QED) is 0.152. The number of carbonyl (C=O) groups is 1. The van der Waals surface area contributed by atoms with Gasteiger partial charge in [0.25, 0.3) is 0 Å². The summed E-state index contributed by atoms with van der Waals surface area (Å²) in [6.07, 6.45) is 1.70. The highest BCUT2D eigenvalue weighted by atomic mass is 127. The van der Waals surface area contributed by atoms with Gasteiger partial charge in [-0.3, -0.25) is 0 Å². The Bertz CT molecular complexity index is 1250. The Labute approximate surface area is 230 Å². The monoisotopic (exact) mass is 777 g/mol. The first-order valence-corrected chi connectivity index (χ1v) is 13.2. The van der Waals surface area contributed by atoms with E-state index in [4.69, 9.17) is 9.47 Å². The number of cyclic esters (lactones) is 1. The van der Waals surface area contributed by atoms with Crippen LogP contribution in [-0.4, -0.2) is 11.9 Å². The fourth-order valence-electron chi connectivity index (χ4n) is 3.01. The Morgan fingerprint density at radius 1 is 1.03 bits per heavy atom. The number of esters is 1. The molecule has 0 radical (unpaired) electrons. The molecule has 1 aliphatic rings. The number of carbonyl (C=O) groups excluding carboxylic acids is 1. The van der Waals surface area contributed by atoms with E-state index in [1.54, 1.807) is 6.08 Å². The average Bonchev–Trinajstić information content (AvgIpc) is 3.11. The summed E-state index contributed by atoms with van der Waals surface area (Å²) in [5.74, 6) is 0.539. The summed E-state index contributed by atoms with van der Waals surface area (Å²) >= 11 is 11.7. The van der Waals surface area contributed by atoms with Crippen molar-refractivity contribution in [3.05, 3.63) is 98.6 Å². The second-order valence-corrected chi connectivity index (χ2v) is 11.1. The lowest BCUT2D eigenvalue weighted by atomic mass is 10.1. The van der Waals surface area contributed by atoms with Crippen LogP contribution >= 0.6 is 77.0 Å². The maximum atomic E-state index is 12.4. The van der Waals surface area contributed by atoms with Crippen LogP contribution in [0, 0.1) is 14.1 Å². The van der Waals surface area contributed by atoms with Gasteiger partial charge in [0.1, 0.15) is 12.4 Å². The fourth-order valence-corrected chi connectivity index (χ4v) is 5.15. The molecule has 0 saturated carbocycles. The zero-order chi connectivity index (χ0) is 22.8. The van der Waals surface area contributed by atoms with Crippen molar-refractivity contribution in [1.82, 2.24) is 0 Å². The molecule has 0 aromatic heterocycles. The first-order valence-electron chi connectivity index (χ1n) is 9.45. The van der Waals surface area contributed by atoms with Crippen molar-refractivity contribution < 1.29 is 14.3 Å². The smallest absolute Gasteiger partial charge is 0.363 e. The number of ether oxygens (including phenoxy) is 2. The van der Waals surface area contributed by atoms with E-state index < -0.39 is 5.97 Å². The Morgan fingerprint density at radius 3 is 2.38 bits per heavy atom. The first-order chi connectivity index (χ1) is 15.3. The predicted molar refractivity (Wildman–Crippen MR) is 150 cm³/mol. The zero-order valence-corrected chi connectivity index (χ0v) is 24.2. The molecular formula is C24H15Br2I2NO3. The van der Waals surface area contributed by atoms with E-state index in [0.717, 1.165) is 34.8 Å². The average molecular weight is 779 g/mol. The molecule has 0 N–H and O–H groups in total. The van der Waals surface area contributed by atoms with Gasteiger partial charge in [-0.25, -0.2) is 9.79 Å². The lowest BCUT2D eigenvalue weighted by Gasteiger charge is -2.11. The van der Waals surface area contributed by atoms with Crippen LogP contribution in [0.4, 0.5) is 0 Å². The second kappa shape index (κ2) is 10.4. The third-order valence-corrected chi connectivity index (χ3v) is 7.75. The van der Waals surface area contributed by atoms with E-state index in [1.165, 1.54) is 3.57 Å². The summed E-state index contributed by atoms with van der Waals surface area (Å²) in [5, 5.41) is 0. The SMILES string of the molecule is Cc1cc(C2=N/C(=C\c3cc(Br)c(OCc4ccc(I)cc4)c(Br)c3)C(=O)O2)ccc1I. The van der Waals surface area contributed by atoms with Gasteiger partial charge in [-0.05, 0) is 149 Å². The number of aliphatic imine (C=N–C) groups is 1. The van der Waals surface area contributed by atoms with Crippen LogP contribution in [0.25, 0.3) is 6.08 Å². The number of nitrogens with zero attached hydrogens (tertiary/aromatic N) is 1. The van der Waals surface area contributed by atoms with Gasteiger partial charge in [0.15, 0.2) is 5.70 Å². The highest BCUT2D eigenvalue weighted by Crippen LogP contribution is 2.36. The van der Waals surface area contributed by atoms with Gasteiger partial charge < -0.3 is 9.47 Å². The highest BCUT2D eigenvalue weighted by molar-refractivity contribution is 14.1. The molecule has 0 aliphatic carbocycles. The molecule has 0 spiro atoms. The molecule has 3 aromatic rings. The molecule has 32 heavy (non-hydrogen) atoms. The first kappa shape index (κ1) is 23.9. The predicted octanol–water partition coefficient (Wildman–Crippen LogP) is 7.65.